The summed E-state index contributed by atoms with van der Waals surface area (Å²) in [5, 5.41) is 9.44. The molecule has 3 heteroatoms. The second kappa shape index (κ2) is 15.2. The lowest BCUT2D eigenvalue weighted by atomic mass is 9.90. The summed E-state index contributed by atoms with van der Waals surface area (Å²) in [7, 11) is 0. The zero-order valence-electron chi connectivity index (χ0n) is 35.3. The number of hydrogen-bond donors (Lipinski definition) is 0. The van der Waals surface area contributed by atoms with Gasteiger partial charge in [0, 0.05) is 43.4 Å². The van der Waals surface area contributed by atoms with Crippen molar-refractivity contribution in [3.8, 4) is 44.5 Å². The lowest BCUT2D eigenvalue weighted by Crippen LogP contribution is -2.10. The van der Waals surface area contributed by atoms with Crippen LogP contribution in [0.15, 0.2) is 241 Å². The van der Waals surface area contributed by atoms with Crippen molar-refractivity contribution in [3.63, 3.8) is 0 Å². The van der Waals surface area contributed by atoms with Crippen molar-refractivity contribution in [1.29, 1.82) is 0 Å². The van der Waals surface area contributed by atoms with Gasteiger partial charge in [-0.15, -0.1) is 11.3 Å². The number of hydrogen-bond acceptors (Lipinski definition) is 3. The molecular weight excluding hydrogens is 807 g/mol. The lowest BCUT2D eigenvalue weighted by Gasteiger charge is -2.27. The summed E-state index contributed by atoms with van der Waals surface area (Å²) < 4.78 is 9.76. The van der Waals surface area contributed by atoms with Gasteiger partial charge in [0.2, 0.25) is 0 Å². The van der Waals surface area contributed by atoms with Crippen molar-refractivity contribution >= 4 is 92.1 Å². The van der Waals surface area contributed by atoms with Crippen LogP contribution in [0.25, 0.3) is 108 Å². The van der Waals surface area contributed by atoms with Crippen molar-refractivity contribution in [2.24, 2.45) is 0 Å². The van der Waals surface area contributed by atoms with Crippen LogP contribution in [-0.4, -0.2) is 0 Å². The first kappa shape index (κ1) is 37.3. The minimum absolute atomic E-state index is 0.842. The van der Waals surface area contributed by atoms with Gasteiger partial charge in [0.15, 0.2) is 0 Å². The molecule has 0 N–H and O–H groups in total. The van der Waals surface area contributed by atoms with Crippen LogP contribution in [-0.2, 0) is 0 Å². The van der Waals surface area contributed by atoms with Crippen LogP contribution in [0.5, 0.6) is 0 Å². The molecule has 0 fully saturated rings. The Labute approximate surface area is 380 Å². The van der Waals surface area contributed by atoms with Gasteiger partial charge < -0.3 is 9.32 Å². The molecule has 2 aromatic heterocycles. The Morgan fingerprint density at radius 2 is 0.908 bits per heavy atom. The molecule has 0 bridgehead atoms. The van der Waals surface area contributed by atoms with Gasteiger partial charge in [-0.05, 0) is 97.1 Å². The average Bonchev–Trinajstić information content (AvgIpc) is 3.96. The first-order valence-electron chi connectivity index (χ1n) is 22.2. The predicted molar refractivity (Wildman–Crippen MR) is 278 cm³/mol. The molecule has 0 aliphatic carbocycles. The minimum Gasteiger partial charge on any atom is -0.455 e. The van der Waals surface area contributed by atoms with E-state index in [0.717, 1.165) is 55.5 Å². The third kappa shape index (κ3) is 6.24. The smallest absolute Gasteiger partial charge is 0.143 e. The van der Waals surface area contributed by atoms with E-state index in [0.29, 0.717) is 0 Å². The summed E-state index contributed by atoms with van der Waals surface area (Å²) in [4.78, 5) is 2.43. The fourth-order valence-corrected chi connectivity index (χ4v) is 11.2. The zero-order chi connectivity index (χ0) is 42.8. The second-order valence-corrected chi connectivity index (χ2v) is 17.8. The molecule has 0 aliphatic rings. The molecule has 0 aliphatic heterocycles. The van der Waals surface area contributed by atoms with Crippen molar-refractivity contribution in [2.45, 2.75) is 0 Å². The van der Waals surface area contributed by atoms with Crippen LogP contribution >= 0.6 is 11.3 Å². The SMILES string of the molecule is c1ccc(-c2ccc(-c3cc(N(c4ccc(-c5ccccc5)cc4)c4cccc5c4sc4ccccc45)cc4oc5c6ccccc6c(-c6cccc7ccccc67)cc5c34)cc2)cc1. The van der Waals surface area contributed by atoms with Gasteiger partial charge >= 0.3 is 0 Å². The Morgan fingerprint density at radius 3 is 1.66 bits per heavy atom. The van der Waals surface area contributed by atoms with E-state index >= 15 is 0 Å². The molecule has 0 radical (unpaired) electrons. The van der Waals surface area contributed by atoms with Crippen LogP contribution in [0.2, 0.25) is 0 Å². The van der Waals surface area contributed by atoms with Crippen LogP contribution in [0.3, 0.4) is 0 Å². The van der Waals surface area contributed by atoms with E-state index in [2.05, 4.69) is 241 Å². The highest BCUT2D eigenvalue weighted by molar-refractivity contribution is 7.26. The Bertz CT molecular complexity index is 3920. The van der Waals surface area contributed by atoms with E-state index in [-0.39, 0.29) is 0 Å². The molecule has 2 heterocycles. The van der Waals surface area contributed by atoms with Crippen molar-refractivity contribution in [2.75, 3.05) is 4.90 Å². The van der Waals surface area contributed by atoms with Crippen molar-refractivity contribution in [3.05, 3.63) is 237 Å². The zero-order valence-corrected chi connectivity index (χ0v) is 36.1. The fraction of sp³-hybridized carbons (Fsp3) is 0. The van der Waals surface area contributed by atoms with Crippen molar-refractivity contribution < 1.29 is 4.42 Å². The van der Waals surface area contributed by atoms with E-state index in [1.807, 2.05) is 11.3 Å². The normalized spacial score (nSPS) is 11.7. The average molecular weight is 846 g/mol. The van der Waals surface area contributed by atoms with Gasteiger partial charge in [0.25, 0.3) is 0 Å². The Hall–Kier alpha value is -8.24. The van der Waals surface area contributed by atoms with E-state index in [1.165, 1.54) is 69.7 Å². The molecular formula is C62H39NOS. The number of fused-ring (bicyclic) bond motifs is 9. The summed E-state index contributed by atoms with van der Waals surface area (Å²) in [6, 6.07) is 85.8. The number of furan rings is 1. The van der Waals surface area contributed by atoms with E-state index in [1.54, 1.807) is 0 Å². The number of rotatable bonds is 7. The summed E-state index contributed by atoms with van der Waals surface area (Å²) >= 11 is 1.85. The maximum Gasteiger partial charge on any atom is 0.143 e. The fourth-order valence-electron chi connectivity index (χ4n) is 10.00. The van der Waals surface area contributed by atoms with Gasteiger partial charge in [0.1, 0.15) is 11.2 Å². The Morgan fingerprint density at radius 1 is 0.338 bits per heavy atom. The number of thiophene rings is 1. The summed E-state index contributed by atoms with van der Waals surface area (Å²) in [6.45, 7) is 0. The topological polar surface area (TPSA) is 16.4 Å². The standard InChI is InChI=1S/C62H39NOS/c1-3-15-40(16-4-1)42-29-31-45(32-30-42)54-37-47(38-58-60(54)56-39-55(50-22-9-10-24-52(50)61(56)64-58)49-25-13-20-44-19-7-8-21-48(44)49)63(46-35-33-43(34-36-46)41-17-5-2-6-18-41)57-27-14-26-53-51-23-11-12-28-59(51)65-62(53)57/h1-39H. The first-order valence-corrected chi connectivity index (χ1v) is 23.0. The monoisotopic (exact) mass is 845 g/mol. The highest BCUT2D eigenvalue weighted by atomic mass is 32.1. The van der Waals surface area contributed by atoms with Crippen LogP contribution < -0.4 is 4.90 Å². The highest BCUT2D eigenvalue weighted by Crippen LogP contribution is 2.50. The number of benzene rings is 11. The molecule has 0 saturated heterocycles. The maximum absolute atomic E-state index is 7.25. The van der Waals surface area contributed by atoms with E-state index in [9.17, 15) is 0 Å². The lowest BCUT2D eigenvalue weighted by molar-refractivity contribution is 0.673. The van der Waals surface area contributed by atoms with Crippen LogP contribution in [0.4, 0.5) is 17.1 Å². The summed E-state index contributed by atoms with van der Waals surface area (Å²) in [5.41, 5.74) is 14.3. The summed E-state index contributed by atoms with van der Waals surface area (Å²) in [6.07, 6.45) is 0. The quantitative estimate of drug-likeness (QED) is 0.159. The minimum atomic E-state index is 0.842. The van der Waals surface area contributed by atoms with Gasteiger partial charge in [-0.1, -0.05) is 194 Å². The first-order chi connectivity index (χ1) is 32.2. The van der Waals surface area contributed by atoms with Crippen molar-refractivity contribution in [1.82, 2.24) is 0 Å². The van der Waals surface area contributed by atoms with E-state index in [4.69, 9.17) is 4.42 Å². The maximum atomic E-state index is 7.25. The molecule has 65 heavy (non-hydrogen) atoms. The molecule has 304 valence electrons. The molecule has 0 unspecified atom stereocenters. The molecule has 0 spiro atoms. The number of nitrogens with zero attached hydrogens (tertiary/aromatic N) is 1. The summed E-state index contributed by atoms with van der Waals surface area (Å²) in [5.74, 6) is 0. The predicted octanol–water partition coefficient (Wildman–Crippen LogP) is 18.4. The van der Waals surface area contributed by atoms with Gasteiger partial charge in [-0.3, -0.25) is 0 Å². The van der Waals surface area contributed by atoms with Crippen LogP contribution in [0, 0.1) is 0 Å². The Balaban J connectivity index is 1.10. The molecule has 13 aromatic rings. The van der Waals surface area contributed by atoms with Gasteiger partial charge in [-0.25, -0.2) is 0 Å². The molecule has 11 aromatic carbocycles. The molecule has 13 rings (SSSR count). The molecule has 0 amide bonds. The van der Waals surface area contributed by atoms with Gasteiger partial charge in [-0.2, -0.15) is 0 Å². The molecule has 0 atom stereocenters. The highest BCUT2D eigenvalue weighted by Gasteiger charge is 2.24. The number of anilines is 3. The molecule has 2 nitrogen and oxygen atoms in total. The van der Waals surface area contributed by atoms with Crippen LogP contribution in [0.1, 0.15) is 0 Å². The largest absolute Gasteiger partial charge is 0.455 e. The molecule has 0 saturated carbocycles. The van der Waals surface area contributed by atoms with E-state index < -0.39 is 0 Å². The van der Waals surface area contributed by atoms with Gasteiger partial charge in [0.05, 0.1) is 16.1 Å². The Kier molecular flexibility index (Phi) is 8.75. The third-order valence-corrected chi connectivity index (χ3v) is 14.3. The second-order valence-electron chi connectivity index (χ2n) is 16.8. The third-order valence-electron chi connectivity index (χ3n) is 13.1.